The van der Waals surface area contributed by atoms with E-state index >= 15 is 0 Å². The monoisotopic (exact) mass is 461 g/mol. The van der Waals surface area contributed by atoms with Crippen molar-refractivity contribution in [2.75, 3.05) is 6.54 Å². The molecule has 11 heteroatoms. The molecular formula is C20H17ClF5N3O2. The minimum Gasteiger partial charge on any atom is -0.405 e. The molecule has 0 N–H and O–H groups in total. The molecule has 1 aliphatic rings. The molecule has 5 nitrogen and oxygen atoms in total. The number of ether oxygens (including phenoxy) is 1. The molecule has 166 valence electrons. The first-order valence-corrected chi connectivity index (χ1v) is 9.67. The second kappa shape index (κ2) is 9.59. The second-order valence-corrected chi connectivity index (χ2v) is 7.14. The summed E-state index contributed by atoms with van der Waals surface area (Å²) < 4.78 is 67.6. The summed E-state index contributed by atoms with van der Waals surface area (Å²) in [6, 6.07) is 9.85. The van der Waals surface area contributed by atoms with E-state index in [0.717, 1.165) is 4.90 Å². The Labute approximate surface area is 179 Å². The van der Waals surface area contributed by atoms with Crippen LogP contribution in [0.4, 0.5) is 27.6 Å². The van der Waals surface area contributed by atoms with Crippen molar-refractivity contribution in [2.24, 2.45) is 10.2 Å². The molecule has 1 saturated heterocycles. The number of rotatable bonds is 5. The zero-order chi connectivity index (χ0) is 22.6. The summed E-state index contributed by atoms with van der Waals surface area (Å²) in [5, 5.41) is 8.10. The van der Waals surface area contributed by atoms with Gasteiger partial charge in [0, 0.05) is 17.7 Å². The molecule has 2 aromatic carbocycles. The van der Waals surface area contributed by atoms with Gasteiger partial charge in [0.15, 0.2) is 0 Å². The number of nitrogens with zero attached hydrogens (tertiary/aromatic N) is 3. The number of para-hydroxylation sites is 1. The first-order valence-electron chi connectivity index (χ1n) is 9.30. The van der Waals surface area contributed by atoms with Gasteiger partial charge in [-0.3, -0.25) is 4.79 Å². The average molecular weight is 462 g/mol. The Kier molecular flexibility index (Phi) is 7.09. The highest BCUT2D eigenvalue weighted by molar-refractivity contribution is 6.33. The Hall–Kier alpha value is -2.75. The van der Waals surface area contributed by atoms with Crippen LogP contribution in [0, 0.1) is 0 Å². The van der Waals surface area contributed by atoms with Gasteiger partial charge in [-0.1, -0.05) is 35.9 Å². The Bertz CT molecular complexity index is 968. The van der Waals surface area contributed by atoms with Crippen LogP contribution in [0.25, 0.3) is 11.1 Å². The molecular weight excluding hydrogens is 445 g/mol. The Balaban J connectivity index is 1.83. The van der Waals surface area contributed by atoms with Gasteiger partial charge in [-0.25, -0.2) is 0 Å². The van der Waals surface area contributed by atoms with E-state index in [1.807, 2.05) is 0 Å². The highest BCUT2D eigenvalue weighted by Gasteiger charge is 2.33. The number of hydrogen-bond acceptors (Lipinski definition) is 4. The Morgan fingerprint density at radius 1 is 1.13 bits per heavy atom. The van der Waals surface area contributed by atoms with Crippen molar-refractivity contribution in [3.05, 3.63) is 47.5 Å². The fourth-order valence-electron chi connectivity index (χ4n) is 3.24. The number of piperidine rings is 1. The van der Waals surface area contributed by atoms with Crippen LogP contribution in [0.5, 0.6) is 5.75 Å². The van der Waals surface area contributed by atoms with Gasteiger partial charge in [0.2, 0.25) is 0 Å². The predicted molar refractivity (Wildman–Crippen MR) is 103 cm³/mol. The van der Waals surface area contributed by atoms with Crippen molar-refractivity contribution in [1.29, 1.82) is 0 Å². The molecule has 1 unspecified atom stereocenters. The number of hydrogen-bond donors (Lipinski definition) is 0. The quantitative estimate of drug-likeness (QED) is 0.372. The van der Waals surface area contributed by atoms with Crippen molar-refractivity contribution >= 4 is 23.2 Å². The van der Waals surface area contributed by atoms with E-state index in [0.29, 0.717) is 19.3 Å². The van der Waals surface area contributed by atoms with Crippen molar-refractivity contribution in [3.8, 4) is 16.9 Å². The van der Waals surface area contributed by atoms with E-state index in [-0.39, 0.29) is 28.4 Å². The topological polar surface area (TPSA) is 54.3 Å². The zero-order valence-corrected chi connectivity index (χ0v) is 16.7. The second-order valence-electron chi connectivity index (χ2n) is 6.73. The van der Waals surface area contributed by atoms with E-state index < -0.39 is 30.6 Å². The van der Waals surface area contributed by atoms with Crippen molar-refractivity contribution in [3.63, 3.8) is 0 Å². The molecule has 1 heterocycles. The normalized spacial score (nSPS) is 17.4. The first-order chi connectivity index (χ1) is 14.7. The number of amides is 1. The largest absolute Gasteiger partial charge is 0.573 e. The number of azo groups is 1. The molecule has 0 aliphatic carbocycles. The van der Waals surface area contributed by atoms with E-state index in [2.05, 4.69) is 15.0 Å². The van der Waals surface area contributed by atoms with Crippen LogP contribution in [-0.4, -0.2) is 36.3 Å². The van der Waals surface area contributed by atoms with Gasteiger partial charge in [0.05, 0.1) is 10.7 Å². The van der Waals surface area contributed by atoms with Crippen molar-refractivity contribution in [2.45, 2.75) is 38.2 Å². The molecule has 31 heavy (non-hydrogen) atoms. The van der Waals surface area contributed by atoms with Gasteiger partial charge in [-0.2, -0.15) is 19.0 Å². The SMILES string of the molecule is O=C(C(F)F)N1CCCCC1N=Nc1ccc(-c2ccccc2OC(F)(F)F)c(Cl)c1. The summed E-state index contributed by atoms with van der Waals surface area (Å²) in [6.07, 6.45) is -7.08. The maximum Gasteiger partial charge on any atom is 0.573 e. The molecule has 0 saturated carbocycles. The maximum atomic E-state index is 12.8. The molecule has 0 aromatic heterocycles. The van der Waals surface area contributed by atoms with Gasteiger partial charge in [0.25, 0.3) is 5.91 Å². The molecule has 1 atom stereocenters. The minimum atomic E-state index is -4.86. The number of benzene rings is 2. The number of alkyl halides is 5. The molecule has 1 fully saturated rings. The smallest absolute Gasteiger partial charge is 0.405 e. The molecule has 2 aromatic rings. The summed E-state index contributed by atoms with van der Waals surface area (Å²) in [5.41, 5.74) is 0.680. The lowest BCUT2D eigenvalue weighted by Crippen LogP contribution is -2.45. The third kappa shape index (κ3) is 5.90. The molecule has 1 amide bonds. The maximum absolute atomic E-state index is 12.8. The zero-order valence-electron chi connectivity index (χ0n) is 16.0. The van der Waals surface area contributed by atoms with Crippen LogP contribution in [-0.2, 0) is 4.79 Å². The number of halogens is 6. The lowest BCUT2D eigenvalue weighted by atomic mass is 10.0. The number of likely N-dealkylation sites (tertiary alicyclic amines) is 1. The van der Waals surface area contributed by atoms with E-state index in [1.54, 1.807) is 6.07 Å². The number of carbonyl (C=O) groups is 1. The van der Waals surface area contributed by atoms with E-state index in [1.165, 1.54) is 36.4 Å². The summed E-state index contributed by atoms with van der Waals surface area (Å²) in [4.78, 5) is 12.7. The van der Waals surface area contributed by atoms with Gasteiger partial charge >= 0.3 is 12.8 Å². The van der Waals surface area contributed by atoms with Gasteiger partial charge in [-0.15, -0.1) is 13.2 Å². The van der Waals surface area contributed by atoms with Crippen LogP contribution in [0.15, 0.2) is 52.7 Å². The first kappa shape index (κ1) is 22.9. The summed E-state index contributed by atoms with van der Waals surface area (Å²) in [5.74, 6) is -1.70. The summed E-state index contributed by atoms with van der Waals surface area (Å²) in [7, 11) is 0. The molecule has 0 spiro atoms. The van der Waals surface area contributed by atoms with E-state index in [4.69, 9.17) is 11.6 Å². The number of carbonyl (C=O) groups excluding carboxylic acids is 1. The molecule has 3 rings (SSSR count). The van der Waals surface area contributed by atoms with Crippen LogP contribution < -0.4 is 4.74 Å². The fourth-order valence-corrected chi connectivity index (χ4v) is 3.51. The lowest BCUT2D eigenvalue weighted by molar-refractivity contribution is -0.274. The standard InChI is InChI=1S/C20H17ClF5N3O2/c21-15-11-12(27-28-17-7-3-4-10-29(17)19(30)18(22)23)8-9-13(15)14-5-1-2-6-16(14)31-20(24,25)26/h1-2,5-6,8-9,11,17-18H,3-4,7,10H2. The summed E-state index contributed by atoms with van der Waals surface area (Å²) >= 11 is 6.25. The molecule has 1 aliphatic heterocycles. The highest BCUT2D eigenvalue weighted by atomic mass is 35.5. The third-order valence-electron chi connectivity index (χ3n) is 4.60. The van der Waals surface area contributed by atoms with Gasteiger partial charge in [-0.05, 0) is 37.5 Å². The third-order valence-corrected chi connectivity index (χ3v) is 4.92. The minimum absolute atomic E-state index is 0.0961. The van der Waals surface area contributed by atoms with Crippen molar-refractivity contribution in [1.82, 2.24) is 4.90 Å². The molecule has 0 bridgehead atoms. The summed E-state index contributed by atoms with van der Waals surface area (Å²) in [6.45, 7) is 0.169. The Morgan fingerprint density at radius 3 is 2.55 bits per heavy atom. The van der Waals surface area contributed by atoms with Crippen LogP contribution >= 0.6 is 11.6 Å². The van der Waals surface area contributed by atoms with Crippen LogP contribution in [0.1, 0.15) is 19.3 Å². The Morgan fingerprint density at radius 2 is 1.87 bits per heavy atom. The predicted octanol–water partition coefficient (Wildman–Crippen LogP) is 6.59. The average Bonchev–Trinajstić information content (AvgIpc) is 2.71. The highest BCUT2D eigenvalue weighted by Crippen LogP contribution is 2.38. The van der Waals surface area contributed by atoms with Crippen LogP contribution in [0.3, 0.4) is 0 Å². The molecule has 0 radical (unpaired) electrons. The van der Waals surface area contributed by atoms with Crippen molar-refractivity contribution < 1.29 is 31.5 Å². The fraction of sp³-hybridized carbons (Fsp3) is 0.350. The van der Waals surface area contributed by atoms with Gasteiger partial charge in [0.1, 0.15) is 11.9 Å². The van der Waals surface area contributed by atoms with Crippen LogP contribution in [0.2, 0.25) is 5.02 Å². The van der Waals surface area contributed by atoms with E-state index in [9.17, 15) is 26.7 Å². The van der Waals surface area contributed by atoms with Gasteiger partial charge < -0.3 is 9.64 Å². The lowest BCUT2D eigenvalue weighted by Gasteiger charge is -2.31.